The van der Waals surface area contributed by atoms with Gasteiger partial charge in [0.25, 0.3) is 0 Å². The lowest BCUT2D eigenvalue weighted by Gasteiger charge is -2.22. The number of rotatable bonds is 1. The van der Waals surface area contributed by atoms with Gasteiger partial charge in [0, 0.05) is 37.0 Å². The Morgan fingerprint density at radius 2 is 2.32 bits per heavy atom. The van der Waals surface area contributed by atoms with Gasteiger partial charge < -0.3 is 10.0 Å². The largest absolute Gasteiger partial charge is 0.465 e. The van der Waals surface area contributed by atoms with Crippen LogP contribution in [0, 0.1) is 0 Å². The maximum atomic E-state index is 11.0. The number of carboxylic acid groups (broad SMARTS) is 1. The summed E-state index contributed by atoms with van der Waals surface area (Å²) in [5, 5.41) is 13.9. The predicted molar refractivity (Wildman–Crippen MR) is 68.5 cm³/mol. The molecule has 0 fully saturated rings. The molecule has 7 heteroatoms. The fraction of sp³-hybridized carbons (Fsp3) is 0.250. The van der Waals surface area contributed by atoms with Crippen LogP contribution in [0.1, 0.15) is 11.3 Å². The molecule has 0 aromatic carbocycles. The number of pyridine rings is 1. The Labute approximate surface area is 114 Å². The smallest absolute Gasteiger partial charge is 0.407 e. The molecule has 2 aromatic heterocycles. The fourth-order valence-electron chi connectivity index (χ4n) is 2.14. The zero-order chi connectivity index (χ0) is 13.4. The van der Waals surface area contributed by atoms with Crippen LogP contribution in [0.25, 0.3) is 5.69 Å². The number of hydrogen-bond acceptors (Lipinski definition) is 3. The molecule has 3 heterocycles. The summed E-state index contributed by atoms with van der Waals surface area (Å²) in [5.41, 5.74) is 2.68. The van der Waals surface area contributed by atoms with E-state index in [9.17, 15) is 4.79 Å². The minimum absolute atomic E-state index is 0.378. The van der Waals surface area contributed by atoms with E-state index in [1.807, 2.05) is 6.20 Å². The molecular formula is C12H11ClN4O2. The third-order valence-electron chi connectivity index (χ3n) is 3.10. The van der Waals surface area contributed by atoms with Gasteiger partial charge in [0.1, 0.15) is 5.15 Å². The molecule has 1 aliphatic rings. The van der Waals surface area contributed by atoms with Crippen LogP contribution in [0.4, 0.5) is 4.79 Å². The molecule has 0 saturated heterocycles. The van der Waals surface area contributed by atoms with Gasteiger partial charge in [0.15, 0.2) is 0 Å². The Balaban J connectivity index is 1.93. The molecule has 1 N–H and O–H groups in total. The number of carbonyl (C=O) groups is 1. The predicted octanol–water partition coefficient (Wildman–Crippen LogP) is 1.96. The third kappa shape index (κ3) is 2.26. The van der Waals surface area contributed by atoms with E-state index in [0.717, 1.165) is 16.9 Å². The number of halogens is 1. The Bertz CT molecular complexity index is 640. The van der Waals surface area contributed by atoms with Crippen LogP contribution in [-0.2, 0) is 13.0 Å². The first kappa shape index (κ1) is 12.0. The number of aromatic nitrogens is 3. The minimum Gasteiger partial charge on any atom is -0.465 e. The van der Waals surface area contributed by atoms with Crippen LogP contribution in [0.5, 0.6) is 0 Å². The number of fused-ring (bicyclic) bond motifs is 1. The van der Waals surface area contributed by atoms with Crippen LogP contribution < -0.4 is 0 Å². The average Bonchev–Trinajstić information content (AvgIpc) is 2.81. The summed E-state index contributed by atoms with van der Waals surface area (Å²) in [5.74, 6) is 0. The number of amides is 1. The second kappa shape index (κ2) is 4.55. The molecule has 0 bridgehead atoms. The zero-order valence-electron chi connectivity index (χ0n) is 9.95. The first-order valence-electron chi connectivity index (χ1n) is 5.81. The molecule has 1 aliphatic heterocycles. The molecule has 0 unspecified atom stereocenters. The summed E-state index contributed by atoms with van der Waals surface area (Å²) in [6, 6.07) is 3.52. The van der Waals surface area contributed by atoms with Crippen molar-refractivity contribution in [3.63, 3.8) is 0 Å². The molecule has 0 aliphatic carbocycles. The first-order chi connectivity index (χ1) is 9.13. The highest BCUT2D eigenvalue weighted by Gasteiger charge is 2.22. The van der Waals surface area contributed by atoms with Crippen LogP contribution >= 0.6 is 11.6 Å². The van der Waals surface area contributed by atoms with Crippen molar-refractivity contribution in [2.24, 2.45) is 0 Å². The van der Waals surface area contributed by atoms with Crippen LogP contribution in [0.2, 0.25) is 5.15 Å². The van der Waals surface area contributed by atoms with Crippen molar-refractivity contribution in [3.8, 4) is 5.69 Å². The topological polar surface area (TPSA) is 71.2 Å². The summed E-state index contributed by atoms with van der Waals surface area (Å²) >= 11 is 5.85. The molecule has 19 heavy (non-hydrogen) atoms. The molecule has 0 spiro atoms. The van der Waals surface area contributed by atoms with Crippen molar-refractivity contribution < 1.29 is 9.90 Å². The van der Waals surface area contributed by atoms with Crippen molar-refractivity contribution in [1.82, 2.24) is 19.7 Å². The van der Waals surface area contributed by atoms with E-state index in [4.69, 9.17) is 16.7 Å². The van der Waals surface area contributed by atoms with Gasteiger partial charge in [-0.05, 0) is 6.07 Å². The third-order valence-corrected chi connectivity index (χ3v) is 3.31. The van der Waals surface area contributed by atoms with Crippen molar-refractivity contribution in [1.29, 1.82) is 0 Å². The van der Waals surface area contributed by atoms with Crippen LogP contribution in [-0.4, -0.2) is 37.4 Å². The van der Waals surface area contributed by atoms with Crippen molar-refractivity contribution in [2.45, 2.75) is 13.0 Å². The maximum absolute atomic E-state index is 11.0. The summed E-state index contributed by atoms with van der Waals surface area (Å²) in [7, 11) is 0. The van der Waals surface area contributed by atoms with Gasteiger partial charge in [-0.3, -0.25) is 0 Å². The van der Waals surface area contributed by atoms with Crippen LogP contribution in [0.3, 0.4) is 0 Å². The van der Waals surface area contributed by atoms with Crippen molar-refractivity contribution in [3.05, 3.63) is 40.9 Å². The SMILES string of the molecule is O=C(O)N1CCc2nn(-c3ccnc(Cl)c3)cc2C1. The maximum Gasteiger partial charge on any atom is 0.407 e. The van der Waals surface area contributed by atoms with Gasteiger partial charge in [-0.15, -0.1) is 0 Å². The minimum atomic E-state index is -0.898. The Hall–Kier alpha value is -2.08. The molecule has 0 radical (unpaired) electrons. The highest BCUT2D eigenvalue weighted by atomic mass is 35.5. The van der Waals surface area contributed by atoms with Gasteiger partial charge in [-0.25, -0.2) is 14.5 Å². The van der Waals surface area contributed by atoms with Crippen molar-refractivity contribution >= 4 is 17.7 Å². The second-order valence-corrected chi connectivity index (χ2v) is 4.72. The zero-order valence-corrected chi connectivity index (χ0v) is 10.7. The second-order valence-electron chi connectivity index (χ2n) is 4.34. The van der Waals surface area contributed by atoms with E-state index < -0.39 is 6.09 Å². The average molecular weight is 279 g/mol. The van der Waals surface area contributed by atoms with E-state index in [2.05, 4.69) is 10.1 Å². The highest BCUT2D eigenvalue weighted by Crippen LogP contribution is 2.20. The van der Waals surface area contributed by atoms with Gasteiger partial charge in [0.05, 0.1) is 17.9 Å². The number of nitrogens with zero attached hydrogens (tertiary/aromatic N) is 4. The number of hydrogen-bond donors (Lipinski definition) is 1. The van der Waals surface area contributed by atoms with E-state index in [1.165, 1.54) is 4.90 Å². The molecule has 98 valence electrons. The van der Waals surface area contributed by atoms with E-state index in [1.54, 1.807) is 23.0 Å². The molecule has 2 aromatic rings. The molecular weight excluding hydrogens is 268 g/mol. The lowest BCUT2D eigenvalue weighted by molar-refractivity contribution is 0.140. The molecule has 6 nitrogen and oxygen atoms in total. The Morgan fingerprint density at radius 1 is 1.47 bits per heavy atom. The first-order valence-corrected chi connectivity index (χ1v) is 6.18. The highest BCUT2D eigenvalue weighted by molar-refractivity contribution is 6.29. The quantitative estimate of drug-likeness (QED) is 0.810. The fourth-order valence-corrected chi connectivity index (χ4v) is 2.31. The summed E-state index contributed by atoms with van der Waals surface area (Å²) in [6.07, 6.45) is 3.19. The van der Waals surface area contributed by atoms with E-state index >= 15 is 0 Å². The Kier molecular flexibility index (Phi) is 2.87. The molecule has 0 saturated carbocycles. The van der Waals surface area contributed by atoms with Crippen LogP contribution in [0.15, 0.2) is 24.5 Å². The van der Waals surface area contributed by atoms with Gasteiger partial charge in [0.2, 0.25) is 0 Å². The summed E-state index contributed by atoms with van der Waals surface area (Å²) < 4.78 is 1.71. The molecule has 1 amide bonds. The molecule has 0 atom stereocenters. The molecule has 3 rings (SSSR count). The van der Waals surface area contributed by atoms with E-state index in [0.29, 0.717) is 24.7 Å². The lowest BCUT2D eigenvalue weighted by Crippen LogP contribution is -2.34. The van der Waals surface area contributed by atoms with Gasteiger partial charge >= 0.3 is 6.09 Å². The Morgan fingerprint density at radius 3 is 3.05 bits per heavy atom. The summed E-state index contributed by atoms with van der Waals surface area (Å²) in [4.78, 5) is 16.3. The summed E-state index contributed by atoms with van der Waals surface area (Å²) in [6.45, 7) is 0.861. The van der Waals surface area contributed by atoms with Gasteiger partial charge in [-0.2, -0.15) is 5.10 Å². The lowest BCUT2D eigenvalue weighted by atomic mass is 10.1. The van der Waals surface area contributed by atoms with Crippen molar-refractivity contribution in [2.75, 3.05) is 6.54 Å². The van der Waals surface area contributed by atoms with Gasteiger partial charge in [-0.1, -0.05) is 11.6 Å². The van der Waals surface area contributed by atoms with E-state index in [-0.39, 0.29) is 0 Å². The standard InChI is InChI=1S/C12H11ClN4O2/c13-11-5-9(1-3-14-11)17-7-8-6-16(12(18)19)4-2-10(8)15-17/h1,3,5,7H,2,4,6H2,(H,18,19). The monoisotopic (exact) mass is 278 g/mol. The normalized spacial score (nSPS) is 14.3.